The lowest BCUT2D eigenvalue weighted by Gasteiger charge is -2.24. The molecule has 162 valence electrons. The van der Waals surface area contributed by atoms with Crippen LogP contribution in [0.5, 0.6) is 5.75 Å². The summed E-state index contributed by atoms with van der Waals surface area (Å²) in [4.78, 5) is 27.9. The number of carbonyl (C=O) groups excluding carboxylic acids is 2. The van der Waals surface area contributed by atoms with Crippen LogP contribution >= 0.6 is 0 Å². The van der Waals surface area contributed by atoms with Crippen molar-refractivity contribution in [2.75, 3.05) is 4.90 Å². The molecule has 0 radical (unpaired) electrons. The van der Waals surface area contributed by atoms with E-state index in [0.717, 1.165) is 16.3 Å². The average Bonchev–Trinajstić information content (AvgIpc) is 3.07. The number of aliphatic hydroxyl groups is 1. The van der Waals surface area contributed by atoms with Crippen LogP contribution in [0.4, 0.5) is 5.69 Å². The normalized spacial score (nSPS) is 17.1. The molecule has 0 aliphatic carbocycles. The molecule has 1 aliphatic rings. The fraction of sp³-hybridized carbons (Fsp3) is 0.0714. The lowest BCUT2D eigenvalue weighted by molar-refractivity contribution is -0.140. The maximum atomic E-state index is 13.5. The van der Waals surface area contributed by atoms with Gasteiger partial charge in [-0.25, -0.2) is 4.79 Å². The van der Waals surface area contributed by atoms with Gasteiger partial charge in [0.2, 0.25) is 5.60 Å². The van der Waals surface area contributed by atoms with Crippen LogP contribution in [0, 0.1) is 0 Å². The van der Waals surface area contributed by atoms with Crippen molar-refractivity contribution in [3.63, 3.8) is 0 Å². The summed E-state index contributed by atoms with van der Waals surface area (Å²) in [5.41, 5.74) is -0.794. The van der Waals surface area contributed by atoms with E-state index < -0.39 is 17.5 Å². The zero-order valence-electron chi connectivity index (χ0n) is 17.8. The van der Waals surface area contributed by atoms with Gasteiger partial charge < -0.3 is 14.7 Å². The number of esters is 1. The Bertz CT molecular complexity index is 1400. The Morgan fingerprint density at radius 3 is 2.33 bits per heavy atom. The molecule has 4 aromatic rings. The molecule has 0 saturated carbocycles. The van der Waals surface area contributed by atoms with Gasteiger partial charge in [-0.3, -0.25) is 4.79 Å². The molecule has 1 heterocycles. The Morgan fingerprint density at radius 1 is 0.879 bits per heavy atom. The van der Waals surface area contributed by atoms with Crippen LogP contribution in [0.2, 0.25) is 0 Å². The zero-order valence-corrected chi connectivity index (χ0v) is 17.8. The molecule has 5 nitrogen and oxygen atoms in total. The number of nitrogens with zero attached hydrogens (tertiary/aromatic N) is 1. The second-order valence-electron chi connectivity index (χ2n) is 7.98. The first-order valence-electron chi connectivity index (χ1n) is 10.6. The second-order valence-corrected chi connectivity index (χ2v) is 7.98. The first-order chi connectivity index (χ1) is 16.0. The van der Waals surface area contributed by atoms with Crippen molar-refractivity contribution in [3.05, 3.63) is 120 Å². The zero-order chi connectivity index (χ0) is 23.0. The Kier molecular flexibility index (Phi) is 5.04. The summed E-state index contributed by atoms with van der Waals surface area (Å²) in [5, 5.41) is 13.5. The number of carbonyl (C=O) groups is 2. The summed E-state index contributed by atoms with van der Waals surface area (Å²) in [6.45, 7) is 4.04. The van der Waals surface area contributed by atoms with Crippen molar-refractivity contribution in [1.82, 2.24) is 0 Å². The quantitative estimate of drug-likeness (QED) is 0.279. The van der Waals surface area contributed by atoms with E-state index in [1.807, 2.05) is 60.7 Å². The van der Waals surface area contributed by atoms with E-state index in [9.17, 15) is 14.7 Å². The van der Waals surface area contributed by atoms with E-state index in [0.29, 0.717) is 17.0 Å². The number of hydrogen-bond donors (Lipinski definition) is 1. The minimum Gasteiger partial charge on any atom is -0.423 e. The van der Waals surface area contributed by atoms with Gasteiger partial charge in [0.1, 0.15) is 5.75 Å². The summed E-state index contributed by atoms with van der Waals surface area (Å²) >= 11 is 0. The molecule has 0 fully saturated rings. The van der Waals surface area contributed by atoms with Crippen molar-refractivity contribution in [2.24, 2.45) is 0 Å². The lowest BCUT2D eigenvalue weighted by atomic mass is 9.88. The fourth-order valence-electron chi connectivity index (χ4n) is 4.20. The Morgan fingerprint density at radius 2 is 1.55 bits per heavy atom. The number of para-hydroxylation sites is 1. The van der Waals surface area contributed by atoms with Crippen molar-refractivity contribution >= 4 is 28.3 Å². The van der Waals surface area contributed by atoms with Crippen molar-refractivity contribution in [3.8, 4) is 5.75 Å². The SMILES string of the molecule is C=C(C(=O)Oc1ccc2ccccc2c1)[C@@]1(O)C(=O)N(Cc2ccccc2)c2ccccc21. The summed E-state index contributed by atoms with van der Waals surface area (Å²) in [7, 11) is 0. The van der Waals surface area contributed by atoms with Gasteiger partial charge in [-0.2, -0.15) is 0 Å². The highest BCUT2D eigenvalue weighted by Gasteiger charge is 2.54. The highest BCUT2D eigenvalue weighted by Crippen LogP contribution is 2.45. The summed E-state index contributed by atoms with van der Waals surface area (Å²) < 4.78 is 5.51. The van der Waals surface area contributed by atoms with Crippen molar-refractivity contribution in [1.29, 1.82) is 0 Å². The molecular formula is C28H21NO4. The van der Waals surface area contributed by atoms with Gasteiger partial charge in [-0.15, -0.1) is 0 Å². The van der Waals surface area contributed by atoms with Gasteiger partial charge in [0.15, 0.2) is 0 Å². The number of amides is 1. The predicted octanol–water partition coefficient (Wildman–Crippen LogP) is 4.74. The lowest BCUT2D eigenvalue weighted by Crippen LogP contribution is -2.43. The number of ether oxygens (including phenoxy) is 1. The fourth-order valence-corrected chi connectivity index (χ4v) is 4.20. The highest BCUT2D eigenvalue weighted by atomic mass is 16.5. The van der Waals surface area contributed by atoms with Crippen molar-refractivity contribution in [2.45, 2.75) is 12.1 Å². The summed E-state index contributed by atoms with van der Waals surface area (Å²) in [6.07, 6.45) is 0. The van der Waals surface area contributed by atoms with Crippen LogP contribution in [0.3, 0.4) is 0 Å². The topological polar surface area (TPSA) is 66.8 Å². The first kappa shape index (κ1) is 20.7. The van der Waals surface area contributed by atoms with E-state index >= 15 is 0 Å². The van der Waals surface area contributed by atoms with Gasteiger partial charge in [-0.05, 0) is 34.5 Å². The first-order valence-corrected chi connectivity index (χ1v) is 10.6. The Balaban J connectivity index is 1.45. The molecule has 1 N–H and O–H groups in total. The molecule has 0 unspecified atom stereocenters. The van der Waals surface area contributed by atoms with Crippen LogP contribution < -0.4 is 9.64 Å². The maximum absolute atomic E-state index is 13.5. The van der Waals surface area contributed by atoms with Crippen molar-refractivity contribution < 1.29 is 19.4 Å². The van der Waals surface area contributed by atoms with Gasteiger partial charge in [0.25, 0.3) is 5.91 Å². The van der Waals surface area contributed by atoms with Crippen LogP contribution in [0.1, 0.15) is 11.1 Å². The molecule has 0 bridgehead atoms. The molecule has 0 aromatic heterocycles. The third kappa shape index (κ3) is 3.49. The summed E-state index contributed by atoms with van der Waals surface area (Å²) in [5.74, 6) is -1.19. The summed E-state index contributed by atoms with van der Waals surface area (Å²) in [6, 6.07) is 29.3. The molecule has 0 saturated heterocycles. The highest BCUT2D eigenvalue weighted by molar-refractivity contribution is 6.14. The largest absolute Gasteiger partial charge is 0.423 e. The molecule has 1 atom stereocenters. The van der Waals surface area contributed by atoms with E-state index in [2.05, 4.69) is 6.58 Å². The number of rotatable bonds is 5. The van der Waals surface area contributed by atoms with E-state index in [4.69, 9.17) is 4.74 Å². The minimum absolute atomic E-state index is 0.256. The number of fused-ring (bicyclic) bond motifs is 2. The molecule has 33 heavy (non-hydrogen) atoms. The molecule has 1 aliphatic heterocycles. The monoisotopic (exact) mass is 435 g/mol. The van der Waals surface area contributed by atoms with Crippen LogP contribution in [-0.2, 0) is 21.7 Å². The molecular weight excluding hydrogens is 414 g/mol. The minimum atomic E-state index is -2.21. The maximum Gasteiger partial charge on any atom is 0.342 e. The third-order valence-electron chi connectivity index (χ3n) is 5.94. The van der Waals surface area contributed by atoms with Gasteiger partial charge >= 0.3 is 5.97 Å². The van der Waals surface area contributed by atoms with E-state index in [1.54, 1.807) is 36.4 Å². The Labute approximate surface area is 191 Å². The third-order valence-corrected chi connectivity index (χ3v) is 5.94. The number of anilines is 1. The van der Waals surface area contributed by atoms with Gasteiger partial charge in [0, 0.05) is 5.56 Å². The van der Waals surface area contributed by atoms with E-state index in [1.165, 1.54) is 4.90 Å². The number of benzene rings is 4. The van der Waals surface area contributed by atoms with Gasteiger partial charge in [-0.1, -0.05) is 85.4 Å². The second kappa shape index (κ2) is 8.04. The predicted molar refractivity (Wildman–Crippen MR) is 127 cm³/mol. The van der Waals surface area contributed by atoms with Gasteiger partial charge in [0.05, 0.1) is 17.8 Å². The molecule has 5 rings (SSSR count). The molecule has 0 spiro atoms. The standard InChI is InChI=1S/C28H21NO4/c1-19(26(30)33-23-16-15-21-11-5-6-12-22(21)17-23)28(32)24-13-7-8-14-25(24)29(27(28)31)18-20-9-3-2-4-10-20/h2-17,32H,1,18H2/t28-/m0/s1. The van der Waals surface area contributed by atoms with Crippen LogP contribution in [-0.4, -0.2) is 17.0 Å². The Hall–Kier alpha value is -4.22. The molecule has 4 aromatic carbocycles. The molecule has 5 heteroatoms. The van der Waals surface area contributed by atoms with Crippen LogP contribution in [0.25, 0.3) is 10.8 Å². The van der Waals surface area contributed by atoms with E-state index in [-0.39, 0.29) is 12.1 Å². The smallest absolute Gasteiger partial charge is 0.342 e. The van der Waals surface area contributed by atoms with Crippen LogP contribution in [0.15, 0.2) is 109 Å². The molecule has 1 amide bonds. The average molecular weight is 435 g/mol. The number of hydrogen-bond acceptors (Lipinski definition) is 4.